The standard InChI is InChI=1S/C20H19ClF2N2O2/c21-15-6-2-1-5-13(15)7-8-19(26)24-18-11-14(16(22)12-17(18)23)20(27)25-9-3-4-10-25/h1-2,5-6,11-12H,3-4,7-10H2,(H,24,26). The molecule has 2 aromatic rings. The number of halogens is 3. The molecule has 0 unspecified atom stereocenters. The first-order valence-corrected chi connectivity index (χ1v) is 9.15. The average molecular weight is 393 g/mol. The molecule has 0 aromatic heterocycles. The minimum atomic E-state index is -0.932. The molecule has 3 rings (SSSR count). The third kappa shape index (κ3) is 4.63. The Balaban J connectivity index is 1.70. The second kappa shape index (κ2) is 8.48. The molecule has 0 bridgehead atoms. The summed E-state index contributed by atoms with van der Waals surface area (Å²) in [7, 11) is 0. The van der Waals surface area contributed by atoms with Crippen molar-refractivity contribution in [1.82, 2.24) is 4.90 Å². The molecule has 4 nitrogen and oxygen atoms in total. The van der Waals surface area contributed by atoms with Crippen molar-refractivity contribution in [3.63, 3.8) is 0 Å². The number of carbonyl (C=O) groups excluding carboxylic acids is 2. The van der Waals surface area contributed by atoms with E-state index in [1.807, 2.05) is 6.07 Å². The molecule has 7 heteroatoms. The predicted molar refractivity (Wildman–Crippen MR) is 99.9 cm³/mol. The fourth-order valence-electron chi connectivity index (χ4n) is 3.06. The van der Waals surface area contributed by atoms with E-state index in [1.54, 1.807) is 18.2 Å². The number of anilines is 1. The first kappa shape index (κ1) is 19.3. The van der Waals surface area contributed by atoms with Gasteiger partial charge in [0, 0.05) is 30.6 Å². The predicted octanol–water partition coefficient (Wildman–Crippen LogP) is 4.43. The lowest BCUT2D eigenvalue weighted by Crippen LogP contribution is -2.28. The van der Waals surface area contributed by atoms with Crippen molar-refractivity contribution in [2.24, 2.45) is 0 Å². The number of rotatable bonds is 5. The van der Waals surface area contributed by atoms with E-state index in [2.05, 4.69) is 5.32 Å². The smallest absolute Gasteiger partial charge is 0.256 e. The van der Waals surface area contributed by atoms with Crippen LogP contribution < -0.4 is 5.32 Å². The van der Waals surface area contributed by atoms with Crippen molar-refractivity contribution in [1.29, 1.82) is 0 Å². The third-order valence-corrected chi connectivity index (χ3v) is 4.90. The molecular formula is C20H19ClF2N2O2. The number of amides is 2. The van der Waals surface area contributed by atoms with Crippen molar-refractivity contribution < 1.29 is 18.4 Å². The fourth-order valence-corrected chi connectivity index (χ4v) is 3.29. The normalized spacial score (nSPS) is 13.7. The van der Waals surface area contributed by atoms with Crippen LogP contribution in [0.5, 0.6) is 0 Å². The lowest BCUT2D eigenvalue weighted by Gasteiger charge is -2.17. The van der Waals surface area contributed by atoms with Crippen LogP contribution in [0.3, 0.4) is 0 Å². The quantitative estimate of drug-likeness (QED) is 0.818. The number of nitrogens with one attached hydrogen (secondary N) is 1. The van der Waals surface area contributed by atoms with Crippen molar-refractivity contribution in [3.8, 4) is 0 Å². The first-order valence-electron chi connectivity index (χ1n) is 8.77. The minimum Gasteiger partial charge on any atom is -0.339 e. The Labute approximate surface area is 161 Å². The van der Waals surface area contributed by atoms with Gasteiger partial charge in [-0.15, -0.1) is 0 Å². The van der Waals surface area contributed by atoms with Crippen molar-refractivity contribution in [2.45, 2.75) is 25.7 Å². The van der Waals surface area contributed by atoms with Gasteiger partial charge in [0.05, 0.1) is 11.3 Å². The molecule has 0 saturated carbocycles. The van der Waals surface area contributed by atoms with Crippen LogP contribution in [-0.2, 0) is 11.2 Å². The van der Waals surface area contributed by atoms with Crippen molar-refractivity contribution in [2.75, 3.05) is 18.4 Å². The van der Waals surface area contributed by atoms with Crippen molar-refractivity contribution >= 4 is 29.1 Å². The Bertz CT molecular complexity index is 867. The van der Waals surface area contributed by atoms with Crippen LogP contribution in [0.2, 0.25) is 5.02 Å². The molecule has 0 aliphatic carbocycles. The van der Waals surface area contributed by atoms with Crippen LogP contribution >= 0.6 is 11.6 Å². The summed E-state index contributed by atoms with van der Waals surface area (Å²) < 4.78 is 28.1. The zero-order chi connectivity index (χ0) is 19.4. The Morgan fingerprint density at radius 1 is 1.07 bits per heavy atom. The largest absolute Gasteiger partial charge is 0.339 e. The van der Waals surface area contributed by atoms with Crippen LogP contribution in [0.1, 0.15) is 35.2 Å². The van der Waals surface area contributed by atoms with Crippen LogP contribution in [-0.4, -0.2) is 29.8 Å². The molecule has 2 amide bonds. The molecule has 142 valence electrons. The number of aryl methyl sites for hydroxylation is 1. The maximum Gasteiger partial charge on any atom is 0.256 e. The van der Waals surface area contributed by atoms with E-state index < -0.39 is 23.4 Å². The molecule has 27 heavy (non-hydrogen) atoms. The van der Waals surface area contributed by atoms with Gasteiger partial charge in [-0.1, -0.05) is 29.8 Å². The molecule has 0 radical (unpaired) electrons. The zero-order valence-electron chi connectivity index (χ0n) is 14.6. The van der Waals surface area contributed by atoms with Crippen molar-refractivity contribution in [3.05, 3.63) is 64.2 Å². The lowest BCUT2D eigenvalue weighted by molar-refractivity contribution is -0.116. The summed E-state index contributed by atoms with van der Waals surface area (Å²) in [6.45, 7) is 1.10. The monoisotopic (exact) mass is 392 g/mol. The summed E-state index contributed by atoms with van der Waals surface area (Å²) in [6.07, 6.45) is 2.18. The van der Waals surface area contributed by atoms with Gasteiger partial charge in [-0.3, -0.25) is 9.59 Å². The van der Waals surface area contributed by atoms with Crippen LogP contribution in [0.4, 0.5) is 14.5 Å². The van der Waals surface area contributed by atoms with E-state index in [4.69, 9.17) is 11.6 Å². The third-order valence-electron chi connectivity index (χ3n) is 4.53. The first-order chi connectivity index (χ1) is 13.0. The summed E-state index contributed by atoms with van der Waals surface area (Å²) >= 11 is 6.05. The summed E-state index contributed by atoms with van der Waals surface area (Å²) in [5.41, 5.74) is 0.363. The number of likely N-dealkylation sites (tertiary alicyclic amines) is 1. The van der Waals surface area contributed by atoms with E-state index in [0.717, 1.165) is 24.5 Å². The minimum absolute atomic E-state index is 0.0793. The summed E-state index contributed by atoms with van der Waals surface area (Å²) in [5, 5.41) is 2.97. The highest BCUT2D eigenvalue weighted by Crippen LogP contribution is 2.23. The molecule has 1 fully saturated rings. The van der Waals surface area contributed by atoms with E-state index in [1.165, 1.54) is 4.90 Å². The van der Waals surface area contributed by atoms with Gasteiger partial charge in [0.1, 0.15) is 11.6 Å². The lowest BCUT2D eigenvalue weighted by atomic mass is 10.1. The Hall–Kier alpha value is -2.47. The fraction of sp³-hybridized carbons (Fsp3) is 0.300. The highest BCUT2D eigenvalue weighted by molar-refractivity contribution is 6.31. The Morgan fingerprint density at radius 2 is 1.78 bits per heavy atom. The highest BCUT2D eigenvalue weighted by Gasteiger charge is 2.24. The van der Waals surface area contributed by atoms with E-state index in [9.17, 15) is 18.4 Å². The van der Waals surface area contributed by atoms with Gasteiger partial charge in [0.25, 0.3) is 5.91 Å². The van der Waals surface area contributed by atoms with Gasteiger partial charge in [-0.05, 0) is 37.0 Å². The van der Waals surface area contributed by atoms with Gasteiger partial charge in [0.15, 0.2) is 0 Å². The average Bonchev–Trinajstić information content (AvgIpc) is 3.17. The molecule has 1 N–H and O–H groups in total. The summed E-state index contributed by atoms with van der Waals surface area (Å²) in [6, 6.07) is 8.84. The second-order valence-corrected chi connectivity index (χ2v) is 6.86. The van der Waals surface area contributed by atoms with Crippen LogP contribution in [0.15, 0.2) is 36.4 Å². The van der Waals surface area contributed by atoms with E-state index >= 15 is 0 Å². The zero-order valence-corrected chi connectivity index (χ0v) is 15.4. The Kier molecular flexibility index (Phi) is 6.06. The SMILES string of the molecule is O=C(CCc1ccccc1Cl)Nc1cc(C(=O)N2CCCC2)c(F)cc1F. The number of nitrogens with zero attached hydrogens (tertiary/aromatic N) is 1. The van der Waals surface area contributed by atoms with E-state index in [-0.39, 0.29) is 17.7 Å². The maximum atomic E-state index is 14.1. The number of hydrogen-bond donors (Lipinski definition) is 1. The maximum absolute atomic E-state index is 14.1. The number of benzene rings is 2. The molecule has 0 spiro atoms. The van der Waals surface area contributed by atoms with Gasteiger partial charge >= 0.3 is 0 Å². The molecule has 0 atom stereocenters. The van der Waals surface area contributed by atoms with Gasteiger partial charge in [-0.25, -0.2) is 8.78 Å². The summed E-state index contributed by atoms with van der Waals surface area (Å²) in [5.74, 6) is -2.79. The topological polar surface area (TPSA) is 49.4 Å². The molecule has 2 aromatic carbocycles. The number of hydrogen-bond acceptors (Lipinski definition) is 2. The molecule has 1 saturated heterocycles. The van der Waals surface area contributed by atoms with Crippen LogP contribution in [0.25, 0.3) is 0 Å². The van der Waals surface area contributed by atoms with Gasteiger partial charge in [-0.2, -0.15) is 0 Å². The van der Waals surface area contributed by atoms with E-state index in [0.29, 0.717) is 30.6 Å². The highest BCUT2D eigenvalue weighted by atomic mass is 35.5. The Morgan fingerprint density at radius 3 is 2.48 bits per heavy atom. The summed E-state index contributed by atoms with van der Waals surface area (Å²) in [4.78, 5) is 26.1. The van der Waals surface area contributed by atoms with Gasteiger partial charge in [0.2, 0.25) is 5.91 Å². The van der Waals surface area contributed by atoms with Gasteiger partial charge < -0.3 is 10.2 Å². The molecule has 1 aliphatic rings. The molecule has 1 aliphatic heterocycles. The number of carbonyl (C=O) groups is 2. The molecule has 1 heterocycles. The molecular weight excluding hydrogens is 374 g/mol. The van der Waals surface area contributed by atoms with Crippen LogP contribution in [0, 0.1) is 11.6 Å². The second-order valence-electron chi connectivity index (χ2n) is 6.45.